The van der Waals surface area contributed by atoms with Crippen molar-refractivity contribution in [2.24, 2.45) is 0 Å². The van der Waals surface area contributed by atoms with Crippen molar-refractivity contribution in [1.29, 1.82) is 0 Å². The fourth-order valence-corrected chi connectivity index (χ4v) is 3.85. The summed E-state index contributed by atoms with van der Waals surface area (Å²) in [6.45, 7) is 2.35. The summed E-state index contributed by atoms with van der Waals surface area (Å²) < 4.78 is 41.6. The van der Waals surface area contributed by atoms with Gasteiger partial charge in [-0.1, -0.05) is 24.3 Å². The molecule has 0 saturated carbocycles. The van der Waals surface area contributed by atoms with Gasteiger partial charge in [0.2, 0.25) is 0 Å². The van der Waals surface area contributed by atoms with Crippen LogP contribution in [0.2, 0.25) is 0 Å². The number of carbonyl (C=O) groups is 1. The zero-order valence-electron chi connectivity index (χ0n) is 17.4. The van der Waals surface area contributed by atoms with Gasteiger partial charge in [0.25, 0.3) is 0 Å². The fraction of sp³-hybridized carbons (Fsp3) is 0.304. The minimum Gasteiger partial charge on any atom is -0.370 e. The van der Waals surface area contributed by atoms with Gasteiger partial charge in [0.05, 0.1) is 23.3 Å². The number of urea groups is 1. The lowest BCUT2D eigenvalue weighted by Crippen LogP contribution is -2.30. The van der Waals surface area contributed by atoms with Gasteiger partial charge in [-0.2, -0.15) is 13.2 Å². The Morgan fingerprint density at radius 3 is 2.50 bits per heavy atom. The minimum absolute atomic E-state index is 0.158. The molecule has 0 atom stereocenters. The van der Waals surface area contributed by atoms with E-state index in [-0.39, 0.29) is 12.2 Å². The van der Waals surface area contributed by atoms with Gasteiger partial charge in [0.1, 0.15) is 0 Å². The van der Waals surface area contributed by atoms with Gasteiger partial charge in [-0.05, 0) is 42.2 Å². The number of aromatic nitrogens is 2. The fourth-order valence-electron chi connectivity index (χ4n) is 3.85. The van der Waals surface area contributed by atoms with Gasteiger partial charge in [-0.15, -0.1) is 0 Å². The molecular weight excluding hydrogens is 419 g/mol. The average Bonchev–Trinajstić information content (AvgIpc) is 3.47. The molecule has 2 N–H and O–H groups in total. The summed E-state index contributed by atoms with van der Waals surface area (Å²) >= 11 is 0. The first kappa shape index (κ1) is 21.7. The number of alkyl halides is 3. The second-order valence-electron chi connectivity index (χ2n) is 7.74. The van der Waals surface area contributed by atoms with Crippen LogP contribution in [0.25, 0.3) is 0 Å². The maximum atomic E-state index is 13.2. The first-order valence-electron chi connectivity index (χ1n) is 10.4. The number of hydrogen-bond donors (Lipinski definition) is 2. The van der Waals surface area contributed by atoms with Crippen molar-refractivity contribution in [3.8, 4) is 0 Å². The highest BCUT2D eigenvalue weighted by molar-refractivity contribution is 5.93. The summed E-state index contributed by atoms with van der Waals surface area (Å²) in [5, 5.41) is 5.40. The van der Waals surface area contributed by atoms with E-state index in [2.05, 4.69) is 15.6 Å². The van der Waals surface area contributed by atoms with E-state index in [0.29, 0.717) is 12.2 Å². The smallest absolute Gasteiger partial charge is 0.370 e. The molecular formula is C23H24F3N5O. The molecule has 2 heterocycles. The zero-order chi connectivity index (χ0) is 22.6. The number of benzene rings is 2. The number of halogens is 3. The van der Waals surface area contributed by atoms with Crippen molar-refractivity contribution in [1.82, 2.24) is 14.9 Å². The lowest BCUT2D eigenvalue weighted by Gasteiger charge is -2.23. The Labute approximate surface area is 184 Å². The molecule has 1 saturated heterocycles. The van der Waals surface area contributed by atoms with E-state index in [1.807, 2.05) is 39.9 Å². The average molecular weight is 443 g/mol. The van der Waals surface area contributed by atoms with Crippen LogP contribution < -0.4 is 15.5 Å². The van der Waals surface area contributed by atoms with Crippen molar-refractivity contribution in [3.63, 3.8) is 0 Å². The summed E-state index contributed by atoms with van der Waals surface area (Å²) in [4.78, 5) is 18.6. The Balaban J connectivity index is 1.47. The highest BCUT2D eigenvalue weighted by atomic mass is 19.4. The van der Waals surface area contributed by atoms with Crippen LogP contribution in [0.5, 0.6) is 0 Å². The van der Waals surface area contributed by atoms with Crippen LogP contribution in [0.15, 0.2) is 61.2 Å². The van der Waals surface area contributed by atoms with Gasteiger partial charge < -0.3 is 20.1 Å². The van der Waals surface area contributed by atoms with Crippen molar-refractivity contribution in [3.05, 3.63) is 77.9 Å². The molecule has 9 heteroatoms. The summed E-state index contributed by atoms with van der Waals surface area (Å²) in [5.41, 5.74) is 1.90. The quantitative estimate of drug-likeness (QED) is 0.571. The molecule has 0 spiro atoms. The number of amides is 2. The van der Waals surface area contributed by atoms with Crippen LogP contribution in [0.1, 0.15) is 29.5 Å². The summed E-state index contributed by atoms with van der Waals surface area (Å²) in [7, 11) is 0. The van der Waals surface area contributed by atoms with Crippen LogP contribution in [-0.4, -0.2) is 28.7 Å². The molecule has 32 heavy (non-hydrogen) atoms. The van der Waals surface area contributed by atoms with Crippen LogP contribution in [0.3, 0.4) is 0 Å². The standard InChI is InChI=1S/C23H24F3N5O/c24-23(25,26)19-7-8-21(31-10-3-4-11-31)20(13-19)29-22(32)28-14-17-5-1-2-6-18(17)15-30-12-9-27-16-30/h1-2,5-9,12-13,16H,3-4,10-11,14-15H2,(H2,28,29,32). The van der Waals surface area contributed by atoms with Gasteiger partial charge in [0.15, 0.2) is 0 Å². The van der Waals surface area contributed by atoms with E-state index in [1.165, 1.54) is 6.07 Å². The van der Waals surface area contributed by atoms with E-state index in [0.717, 1.165) is 49.2 Å². The molecule has 2 aromatic carbocycles. The third-order valence-corrected chi connectivity index (χ3v) is 5.49. The molecule has 1 aromatic heterocycles. The normalized spacial score (nSPS) is 13.9. The molecule has 1 fully saturated rings. The predicted octanol–water partition coefficient (Wildman–Crippen LogP) is 4.87. The summed E-state index contributed by atoms with van der Waals surface area (Å²) in [5.74, 6) is 0. The molecule has 1 aliphatic rings. The molecule has 4 rings (SSSR count). The minimum atomic E-state index is -4.48. The zero-order valence-corrected chi connectivity index (χ0v) is 17.4. The van der Waals surface area contributed by atoms with Crippen LogP contribution in [0.4, 0.5) is 29.3 Å². The maximum Gasteiger partial charge on any atom is 0.416 e. The van der Waals surface area contributed by atoms with Gasteiger partial charge in [-0.25, -0.2) is 9.78 Å². The number of hydrogen-bond acceptors (Lipinski definition) is 3. The molecule has 0 radical (unpaired) electrons. The second-order valence-corrected chi connectivity index (χ2v) is 7.74. The largest absolute Gasteiger partial charge is 0.416 e. The number of carbonyl (C=O) groups excluding carboxylic acids is 1. The number of nitrogens with zero attached hydrogens (tertiary/aromatic N) is 3. The predicted molar refractivity (Wildman–Crippen MR) is 117 cm³/mol. The Hall–Kier alpha value is -3.49. The Kier molecular flexibility index (Phi) is 6.34. The molecule has 168 valence electrons. The molecule has 6 nitrogen and oxygen atoms in total. The van der Waals surface area contributed by atoms with Gasteiger partial charge >= 0.3 is 12.2 Å². The highest BCUT2D eigenvalue weighted by Crippen LogP contribution is 2.36. The van der Waals surface area contributed by atoms with Crippen molar-refractivity contribution in [2.45, 2.75) is 32.1 Å². The Bertz CT molecular complexity index is 1060. The van der Waals surface area contributed by atoms with Crippen molar-refractivity contribution < 1.29 is 18.0 Å². The van der Waals surface area contributed by atoms with Crippen molar-refractivity contribution in [2.75, 3.05) is 23.3 Å². The van der Waals surface area contributed by atoms with Crippen LogP contribution in [-0.2, 0) is 19.3 Å². The monoisotopic (exact) mass is 443 g/mol. The Morgan fingerprint density at radius 2 is 1.81 bits per heavy atom. The van der Waals surface area contributed by atoms with Crippen LogP contribution >= 0.6 is 0 Å². The molecule has 0 aliphatic carbocycles. The third-order valence-electron chi connectivity index (χ3n) is 5.49. The van der Waals surface area contributed by atoms with Crippen molar-refractivity contribution >= 4 is 17.4 Å². The first-order valence-corrected chi connectivity index (χ1v) is 10.4. The summed E-state index contributed by atoms with van der Waals surface area (Å²) in [6.07, 6.45) is 2.72. The number of imidazole rings is 1. The van der Waals surface area contributed by atoms with E-state index in [9.17, 15) is 18.0 Å². The van der Waals surface area contributed by atoms with E-state index in [4.69, 9.17) is 0 Å². The van der Waals surface area contributed by atoms with Gasteiger partial charge in [0, 0.05) is 38.6 Å². The SMILES string of the molecule is O=C(NCc1ccccc1Cn1ccnc1)Nc1cc(C(F)(F)F)ccc1N1CCCC1. The molecule has 0 bridgehead atoms. The molecule has 1 aliphatic heterocycles. The molecule has 3 aromatic rings. The summed E-state index contributed by atoms with van der Waals surface area (Å²) in [6, 6.07) is 10.6. The Morgan fingerprint density at radius 1 is 1.06 bits per heavy atom. The molecule has 2 amide bonds. The number of anilines is 2. The maximum absolute atomic E-state index is 13.2. The third kappa shape index (κ3) is 5.22. The lowest BCUT2D eigenvalue weighted by molar-refractivity contribution is -0.137. The first-order chi connectivity index (χ1) is 15.4. The number of rotatable bonds is 6. The van der Waals surface area contributed by atoms with Gasteiger partial charge in [-0.3, -0.25) is 0 Å². The topological polar surface area (TPSA) is 62.2 Å². The van der Waals surface area contributed by atoms with E-state index < -0.39 is 17.8 Å². The van der Waals surface area contributed by atoms with E-state index in [1.54, 1.807) is 12.5 Å². The molecule has 0 unspecified atom stereocenters. The number of nitrogens with one attached hydrogen (secondary N) is 2. The van der Waals surface area contributed by atoms with E-state index >= 15 is 0 Å². The second kappa shape index (κ2) is 9.33. The van der Waals surface area contributed by atoms with Crippen LogP contribution in [0, 0.1) is 0 Å². The lowest BCUT2D eigenvalue weighted by atomic mass is 10.1. The highest BCUT2D eigenvalue weighted by Gasteiger charge is 2.32.